The standard InChI is InChI=1S/C18H12F6O3/c1-10(16(25)26)8-11-2-5-14(9-15(11)18(22,23)24)27-13-6-3-12(4-7-13)17(19,20)21/h2-7,9H,1,8H2,(H,25,26). The molecular formula is C18H12F6O3. The van der Waals surface area contributed by atoms with Crippen LogP contribution >= 0.6 is 0 Å². The highest BCUT2D eigenvalue weighted by molar-refractivity contribution is 5.86. The first-order chi connectivity index (χ1) is 12.4. The molecular weight excluding hydrogens is 378 g/mol. The van der Waals surface area contributed by atoms with Gasteiger partial charge in [0.1, 0.15) is 11.5 Å². The molecule has 0 unspecified atom stereocenters. The average molecular weight is 390 g/mol. The molecule has 144 valence electrons. The van der Waals surface area contributed by atoms with Gasteiger partial charge in [-0.2, -0.15) is 26.3 Å². The van der Waals surface area contributed by atoms with Gasteiger partial charge in [-0.1, -0.05) is 12.6 Å². The van der Waals surface area contributed by atoms with Gasteiger partial charge in [-0.25, -0.2) is 4.79 Å². The van der Waals surface area contributed by atoms with Crippen molar-refractivity contribution in [1.82, 2.24) is 0 Å². The molecule has 0 spiro atoms. The zero-order chi connectivity index (χ0) is 20.4. The third-order valence-electron chi connectivity index (χ3n) is 3.51. The summed E-state index contributed by atoms with van der Waals surface area (Å²) in [6.07, 6.45) is -9.85. The van der Waals surface area contributed by atoms with Crippen molar-refractivity contribution in [2.45, 2.75) is 18.8 Å². The van der Waals surface area contributed by atoms with Gasteiger partial charge in [0, 0.05) is 12.0 Å². The number of carbonyl (C=O) groups is 1. The van der Waals surface area contributed by atoms with Crippen molar-refractivity contribution in [3.05, 3.63) is 71.3 Å². The first-order valence-electron chi connectivity index (χ1n) is 7.34. The summed E-state index contributed by atoms with van der Waals surface area (Å²) < 4.78 is 82.5. The highest BCUT2D eigenvalue weighted by Gasteiger charge is 2.34. The van der Waals surface area contributed by atoms with Crippen LogP contribution in [0.4, 0.5) is 26.3 Å². The van der Waals surface area contributed by atoms with Crippen LogP contribution in [-0.4, -0.2) is 11.1 Å². The highest BCUT2D eigenvalue weighted by Crippen LogP contribution is 2.37. The van der Waals surface area contributed by atoms with Crippen molar-refractivity contribution in [3.8, 4) is 11.5 Å². The van der Waals surface area contributed by atoms with Crippen LogP contribution in [0.25, 0.3) is 0 Å². The summed E-state index contributed by atoms with van der Waals surface area (Å²) in [5.74, 6) is -1.77. The Kier molecular flexibility index (Phi) is 5.53. The van der Waals surface area contributed by atoms with Crippen molar-refractivity contribution < 1.29 is 41.0 Å². The summed E-state index contributed by atoms with van der Waals surface area (Å²) >= 11 is 0. The molecule has 0 radical (unpaired) electrons. The first-order valence-corrected chi connectivity index (χ1v) is 7.34. The summed E-state index contributed by atoms with van der Waals surface area (Å²) in [5, 5.41) is 8.78. The minimum atomic E-state index is -4.78. The third-order valence-corrected chi connectivity index (χ3v) is 3.51. The fourth-order valence-electron chi connectivity index (χ4n) is 2.19. The lowest BCUT2D eigenvalue weighted by atomic mass is 10.00. The molecule has 27 heavy (non-hydrogen) atoms. The molecule has 1 N–H and O–H groups in total. The number of hydrogen-bond donors (Lipinski definition) is 1. The number of alkyl halides is 6. The second kappa shape index (κ2) is 7.34. The van der Waals surface area contributed by atoms with Crippen LogP contribution in [0.15, 0.2) is 54.6 Å². The van der Waals surface area contributed by atoms with Gasteiger partial charge in [0.15, 0.2) is 0 Å². The minimum absolute atomic E-state index is 0.0844. The molecule has 9 heteroatoms. The molecule has 0 heterocycles. The lowest BCUT2D eigenvalue weighted by molar-refractivity contribution is -0.139. The van der Waals surface area contributed by atoms with Crippen LogP contribution in [0.1, 0.15) is 16.7 Å². The van der Waals surface area contributed by atoms with Crippen molar-refractivity contribution in [1.29, 1.82) is 0 Å². The van der Waals surface area contributed by atoms with Crippen molar-refractivity contribution in [2.75, 3.05) is 0 Å². The molecule has 0 fully saturated rings. The SMILES string of the molecule is C=C(Cc1ccc(Oc2ccc(C(F)(F)F)cc2)cc1C(F)(F)F)C(=O)O. The normalized spacial score (nSPS) is 11.9. The summed E-state index contributed by atoms with van der Waals surface area (Å²) in [4.78, 5) is 10.8. The van der Waals surface area contributed by atoms with Gasteiger partial charge in [0.05, 0.1) is 11.1 Å². The molecule has 0 bridgehead atoms. The molecule has 3 nitrogen and oxygen atoms in total. The Hall–Kier alpha value is -2.97. The largest absolute Gasteiger partial charge is 0.478 e. The van der Waals surface area contributed by atoms with E-state index in [1.807, 2.05) is 0 Å². The molecule has 0 aliphatic carbocycles. The summed E-state index contributed by atoms with van der Waals surface area (Å²) in [7, 11) is 0. The van der Waals surface area contributed by atoms with Gasteiger partial charge in [0.25, 0.3) is 0 Å². The van der Waals surface area contributed by atoms with Crippen LogP contribution in [0.3, 0.4) is 0 Å². The quantitative estimate of drug-likeness (QED) is 0.526. The van der Waals surface area contributed by atoms with E-state index in [4.69, 9.17) is 9.84 Å². The smallest absolute Gasteiger partial charge is 0.416 e. The van der Waals surface area contributed by atoms with Crippen molar-refractivity contribution >= 4 is 5.97 Å². The Labute approximate surface area is 149 Å². The van der Waals surface area contributed by atoms with Crippen LogP contribution in [-0.2, 0) is 23.6 Å². The Morgan fingerprint density at radius 3 is 1.96 bits per heavy atom. The van der Waals surface area contributed by atoms with E-state index in [9.17, 15) is 31.1 Å². The van der Waals surface area contributed by atoms with Gasteiger partial charge in [-0.3, -0.25) is 0 Å². The Balaban J connectivity index is 2.30. The molecule has 0 aliphatic rings. The van der Waals surface area contributed by atoms with E-state index in [-0.39, 0.29) is 17.1 Å². The van der Waals surface area contributed by atoms with E-state index < -0.39 is 41.4 Å². The highest BCUT2D eigenvalue weighted by atomic mass is 19.4. The number of benzene rings is 2. The van der Waals surface area contributed by atoms with Gasteiger partial charge >= 0.3 is 18.3 Å². The fourth-order valence-corrected chi connectivity index (χ4v) is 2.19. The lowest BCUT2D eigenvalue weighted by Crippen LogP contribution is -2.12. The van der Waals surface area contributed by atoms with E-state index in [2.05, 4.69) is 6.58 Å². The number of carboxylic acids is 1. The number of aliphatic carboxylic acids is 1. The Morgan fingerprint density at radius 2 is 1.48 bits per heavy atom. The molecule has 2 aromatic rings. The van der Waals surface area contributed by atoms with E-state index in [0.29, 0.717) is 6.07 Å². The molecule has 2 rings (SSSR count). The number of ether oxygens (including phenoxy) is 1. The molecule has 0 saturated carbocycles. The lowest BCUT2D eigenvalue weighted by Gasteiger charge is -2.15. The molecule has 0 saturated heterocycles. The Bertz CT molecular complexity index is 851. The van der Waals surface area contributed by atoms with Crippen molar-refractivity contribution in [2.24, 2.45) is 0 Å². The molecule has 2 aromatic carbocycles. The van der Waals surface area contributed by atoms with Crippen LogP contribution in [0, 0.1) is 0 Å². The predicted octanol–water partition coefficient (Wildman–Crippen LogP) is 5.70. The van der Waals surface area contributed by atoms with Gasteiger partial charge < -0.3 is 9.84 Å². The van der Waals surface area contributed by atoms with Crippen molar-refractivity contribution in [3.63, 3.8) is 0 Å². The summed E-state index contributed by atoms with van der Waals surface area (Å²) in [6, 6.07) is 6.30. The summed E-state index contributed by atoms with van der Waals surface area (Å²) in [5.41, 5.74) is -2.77. The molecule has 0 aliphatic heterocycles. The average Bonchev–Trinajstić information content (AvgIpc) is 2.54. The monoisotopic (exact) mass is 390 g/mol. The molecule has 0 aromatic heterocycles. The summed E-state index contributed by atoms with van der Waals surface area (Å²) in [6.45, 7) is 3.20. The fraction of sp³-hybridized carbons (Fsp3) is 0.167. The third kappa shape index (κ3) is 5.25. The van der Waals surface area contributed by atoms with Crippen LogP contribution in [0.2, 0.25) is 0 Å². The van der Waals surface area contributed by atoms with Crippen LogP contribution < -0.4 is 4.74 Å². The first kappa shape index (κ1) is 20.3. The van der Waals surface area contributed by atoms with Gasteiger partial charge in [0.2, 0.25) is 0 Å². The Morgan fingerprint density at radius 1 is 0.926 bits per heavy atom. The maximum Gasteiger partial charge on any atom is 0.416 e. The van der Waals surface area contributed by atoms with Crippen LogP contribution in [0.5, 0.6) is 11.5 Å². The molecule has 0 atom stereocenters. The number of halogens is 6. The predicted molar refractivity (Wildman–Crippen MR) is 83.4 cm³/mol. The van der Waals surface area contributed by atoms with Gasteiger partial charge in [-0.15, -0.1) is 0 Å². The second-order valence-electron chi connectivity index (χ2n) is 5.53. The minimum Gasteiger partial charge on any atom is -0.478 e. The number of carboxylic acid groups (broad SMARTS) is 1. The maximum atomic E-state index is 13.2. The topological polar surface area (TPSA) is 46.5 Å². The van der Waals surface area contributed by atoms with E-state index in [0.717, 1.165) is 36.4 Å². The maximum absolute atomic E-state index is 13.2. The second-order valence-corrected chi connectivity index (χ2v) is 5.53. The zero-order valence-corrected chi connectivity index (χ0v) is 13.5. The van der Waals surface area contributed by atoms with Gasteiger partial charge in [-0.05, 0) is 42.0 Å². The number of rotatable bonds is 5. The van der Waals surface area contributed by atoms with E-state index in [1.54, 1.807) is 0 Å². The molecule has 0 amide bonds. The van der Waals surface area contributed by atoms with E-state index in [1.165, 1.54) is 0 Å². The zero-order valence-electron chi connectivity index (χ0n) is 13.5. The van der Waals surface area contributed by atoms with E-state index >= 15 is 0 Å². The number of hydrogen-bond acceptors (Lipinski definition) is 2.